The standard InChI is InChI=1S/C23H27F17O2/c1-4-5-6-7-8-9-10-11-12-14(42-15(41)13(2)3)16(24,25)17(26,27)18(28,29)19(30,31)20(32,33)21(34,35)22(36,37)23(38,39)40/h14H,2,4-12H2,1,3H3. The minimum absolute atomic E-state index is 0.127. The van der Waals surface area contributed by atoms with Crippen LogP contribution in [0.3, 0.4) is 0 Å². The van der Waals surface area contributed by atoms with E-state index in [4.69, 9.17) is 0 Å². The van der Waals surface area contributed by atoms with E-state index in [1.165, 1.54) is 0 Å². The Labute approximate surface area is 228 Å². The Morgan fingerprint density at radius 2 is 0.905 bits per heavy atom. The Balaban J connectivity index is 6.49. The van der Waals surface area contributed by atoms with E-state index in [-0.39, 0.29) is 12.8 Å². The third-order valence-corrected chi connectivity index (χ3v) is 6.07. The number of ether oxygens (including phenoxy) is 1. The first-order valence-electron chi connectivity index (χ1n) is 12.1. The Bertz CT molecular complexity index is 909. The molecule has 0 aliphatic carbocycles. The topological polar surface area (TPSA) is 26.3 Å². The molecule has 0 aromatic heterocycles. The second kappa shape index (κ2) is 13.3. The molecular formula is C23H27F17O2. The minimum Gasteiger partial charge on any atom is -0.452 e. The van der Waals surface area contributed by atoms with E-state index in [2.05, 4.69) is 11.3 Å². The summed E-state index contributed by atoms with van der Waals surface area (Å²) in [5, 5.41) is 0. The predicted octanol–water partition coefficient (Wildman–Crippen LogP) is 10.0. The lowest BCUT2D eigenvalue weighted by atomic mass is 9.86. The van der Waals surface area contributed by atoms with Crippen molar-refractivity contribution in [2.45, 2.75) is 125 Å². The number of carbonyl (C=O) groups is 1. The zero-order chi connectivity index (χ0) is 33.8. The molecule has 1 atom stereocenters. The highest BCUT2D eigenvalue weighted by molar-refractivity contribution is 5.87. The minimum atomic E-state index is -8.72. The number of hydrogen-bond acceptors (Lipinski definition) is 2. The molecule has 0 saturated heterocycles. The highest BCUT2D eigenvalue weighted by Gasteiger charge is 2.95. The Hall–Kier alpha value is -1.98. The average Bonchev–Trinajstić information content (AvgIpc) is 2.83. The van der Waals surface area contributed by atoms with Crippen molar-refractivity contribution in [3.63, 3.8) is 0 Å². The lowest BCUT2D eigenvalue weighted by Crippen LogP contribution is -2.75. The summed E-state index contributed by atoms with van der Waals surface area (Å²) in [5.74, 6) is -59.4. The van der Waals surface area contributed by atoms with Crippen molar-refractivity contribution < 1.29 is 84.2 Å². The van der Waals surface area contributed by atoms with Gasteiger partial charge >= 0.3 is 53.6 Å². The van der Waals surface area contributed by atoms with Crippen molar-refractivity contribution in [2.75, 3.05) is 0 Å². The molecule has 0 rings (SSSR count). The van der Waals surface area contributed by atoms with Crippen LogP contribution in [0, 0.1) is 0 Å². The molecule has 0 spiro atoms. The number of alkyl halides is 17. The smallest absolute Gasteiger partial charge is 0.452 e. The summed E-state index contributed by atoms with van der Waals surface area (Å²) >= 11 is 0. The molecule has 1 unspecified atom stereocenters. The van der Waals surface area contributed by atoms with E-state index >= 15 is 0 Å². The Kier molecular flexibility index (Phi) is 12.7. The monoisotopic (exact) mass is 658 g/mol. The molecule has 0 N–H and O–H groups in total. The first-order chi connectivity index (χ1) is 18.5. The third kappa shape index (κ3) is 7.21. The van der Waals surface area contributed by atoms with Crippen LogP contribution in [-0.2, 0) is 9.53 Å². The van der Waals surface area contributed by atoms with E-state index in [1.807, 2.05) is 6.92 Å². The Morgan fingerprint density at radius 3 is 1.26 bits per heavy atom. The molecule has 19 heteroatoms. The number of carbonyl (C=O) groups excluding carboxylic acids is 1. The first-order valence-corrected chi connectivity index (χ1v) is 12.1. The quantitative estimate of drug-likeness (QED) is 0.0635. The van der Waals surface area contributed by atoms with Crippen LogP contribution in [0.25, 0.3) is 0 Å². The van der Waals surface area contributed by atoms with Crippen LogP contribution in [0.5, 0.6) is 0 Å². The summed E-state index contributed by atoms with van der Waals surface area (Å²) < 4.78 is 235. The van der Waals surface area contributed by atoms with E-state index in [0.717, 1.165) is 26.2 Å². The van der Waals surface area contributed by atoms with Gasteiger partial charge in [0.2, 0.25) is 0 Å². The highest BCUT2D eigenvalue weighted by atomic mass is 19.4. The van der Waals surface area contributed by atoms with Gasteiger partial charge in [0.25, 0.3) is 0 Å². The van der Waals surface area contributed by atoms with Crippen LogP contribution in [0.1, 0.15) is 71.6 Å². The van der Waals surface area contributed by atoms with E-state index in [9.17, 15) is 79.4 Å². The zero-order valence-corrected chi connectivity index (χ0v) is 21.9. The molecule has 0 aromatic carbocycles. The number of esters is 1. The maximum Gasteiger partial charge on any atom is 0.460 e. The van der Waals surface area contributed by atoms with Crippen LogP contribution in [0.15, 0.2) is 12.2 Å². The fourth-order valence-electron chi connectivity index (χ4n) is 3.39. The van der Waals surface area contributed by atoms with Gasteiger partial charge < -0.3 is 4.74 Å². The van der Waals surface area contributed by atoms with Gasteiger partial charge in [-0.05, 0) is 19.8 Å². The molecular weight excluding hydrogens is 631 g/mol. The summed E-state index contributed by atoms with van der Waals surface area (Å²) in [6, 6.07) is 0. The van der Waals surface area contributed by atoms with Gasteiger partial charge in [-0.2, -0.15) is 74.6 Å². The number of unbranched alkanes of at least 4 members (excludes halogenated alkanes) is 7. The van der Waals surface area contributed by atoms with Crippen LogP contribution in [0.2, 0.25) is 0 Å². The summed E-state index contributed by atoms with van der Waals surface area (Å²) in [5.41, 5.74) is -0.840. The van der Waals surface area contributed by atoms with Crippen LogP contribution in [-0.4, -0.2) is 59.7 Å². The van der Waals surface area contributed by atoms with Gasteiger partial charge in [0.15, 0.2) is 6.10 Å². The lowest BCUT2D eigenvalue weighted by molar-refractivity contribution is -0.464. The maximum atomic E-state index is 14.7. The van der Waals surface area contributed by atoms with Crippen molar-refractivity contribution >= 4 is 5.97 Å². The molecule has 0 amide bonds. The molecule has 250 valence electrons. The van der Waals surface area contributed by atoms with E-state index < -0.39 is 78.1 Å². The van der Waals surface area contributed by atoms with Gasteiger partial charge in [0, 0.05) is 5.57 Å². The molecule has 0 heterocycles. The fourth-order valence-corrected chi connectivity index (χ4v) is 3.39. The van der Waals surface area contributed by atoms with Gasteiger partial charge in [-0.1, -0.05) is 58.4 Å². The third-order valence-electron chi connectivity index (χ3n) is 6.07. The molecule has 0 saturated carbocycles. The molecule has 42 heavy (non-hydrogen) atoms. The summed E-state index contributed by atoms with van der Waals surface area (Å²) in [6.07, 6.45) is -10.2. The summed E-state index contributed by atoms with van der Waals surface area (Å²) in [4.78, 5) is 11.7. The van der Waals surface area contributed by atoms with E-state index in [0.29, 0.717) is 12.8 Å². The van der Waals surface area contributed by atoms with Crippen LogP contribution >= 0.6 is 0 Å². The maximum absolute atomic E-state index is 14.7. The second-order valence-electron chi connectivity index (χ2n) is 9.50. The van der Waals surface area contributed by atoms with Gasteiger partial charge in [0.05, 0.1) is 0 Å². The average molecular weight is 658 g/mol. The van der Waals surface area contributed by atoms with Crippen molar-refractivity contribution in [2.24, 2.45) is 0 Å². The van der Waals surface area contributed by atoms with Gasteiger partial charge in [-0.15, -0.1) is 0 Å². The first kappa shape index (κ1) is 40.0. The summed E-state index contributed by atoms with van der Waals surface area (Å²) in [7, 11) is 0. The number of rotatable bonds is 18. The lowest BCUT2D eigenvalue weighted by Gasteiger charge is -2.43. The fraction of sp³-hybridized carbons (Fsp3) is 0.870. The summed E-state index contributed by atoms with van der Waals surface area (Å²) in [6.45, 7) is 5.47. The number of halogens is 17. The molecule has 0 bridgehead atoms. The molecule has 0 radical (unpaired) electrons. The van der Waals surface area contributed by atoms with Crippen molar-refractivity contribution in [1.82, 2.24) is 0 Å². The molecule has 0 aromatic rings. The normalized spacial score (nSPS) is 15.5. The van der Waals surface area contributed by atoms with Crippen molar-refractivity contribution in [3.8, 4) is 0 Å². The number of hydrogen-bond donors (Lipinski definition) is 0. The predicted molar refractivity (Wildman–Crippen MR) is 113 cm³/mol. The zero-order valence-electron chi connectivity index (χ0n) is 21.9. The molecule has 0 aliphatic heterocycles. The highest BCUT2D eigenvalue weighted by Crippen LogP contribution is 2.64. The van der Waals surface area contributed by atoms with Crippen molar-refractivity contribution in [3.05, 3.63) is 12.2 Å². The van der Waals surface area contributed by atoms with Crippen LogP contribution in [0.4, 0.5) is 74.6 Å². The second-order valence-corrected chi connectivity index (χ2v) is 9.50. The Morgan fingerprint density at radius 1 is 0.571 bits per heavy atom. The van der Waals surface area contributed by atoms with Crippen LogP contribution < -0.4 is 0 Å². The molecule has 2 nitrogen and oxygen atoms in total. The SMILES string of the molecule is C=C(C)C(=O)OC(CCCCCCCCCC)C(F)(F)C(F)(F)C(F)(F)C(F)(F)C(F)(F)C(F)(F)C(F)(F)C(F)(F)F. The van der Waals surface area contributed by atoms with Gasteiger partial charge in [-0.3, -0.25) is 0 Å². The largest absolute Gasteiger partial charge is 0.460 e. The van der Waals surface area contributed by atoms with Gasteiger partial charge in [-0.25, -0.2) is 4.79 Å². The van der Waals surface area contributed by atoms with E-state index in [1.54, 1.807) is 0 Å². The van der Waals surface area contributed by atoms with Crippen molar-refractivity contribution in [1.29, 1.82) is 0 Å². The molecule has 0 aliphatic rings. The van der Waals surface area contributed by atoms with Gasteiger partial charge in [0.1, 0.15) is 0 Å². The molecule has 0 fully saturated rings.